The van der Waals surface area contributed by atoms with Crippen molar-refractivity contribution in [3.63, 3.8) is 0 Å². The van der Waals surface area contributed by atoms with E-state index in [1.807, 2.05) is 56.0 Å². The van der Waals surface area contributed by atoms with Crippen LogP contribution in [0.25, 0.3) is 21.3 Å². The molecule has 1 fully saturated rings. The number of nitrogens with two attached hydrogens (primary N) is 1. The maximum atomic E-state index is 12.7. The summed E-state index contributed by atoms with van der Waals surface area (Å²) in [7, 11) is -0.383. The second-order valence-corrected chi connectivity index (χ2v) is 11.7. The molecular weight excluding hydrogens is 584 g/mol. The van der Waals surface area contributed by atoms with Crippen molar-refractivity contribution in [3.8, 4) is 11.1 Å². The average molecular weight is 619 g/mol. The normalized spacial score (nSPS) is 13.5. The summed E-state index contributed by atoms with van der Waals surface area (Å²) in [5.41, 5.74) is 7.70. The second kappa shape index (κ2) is 16.5. The molecule has 2 aromatic heterocycles. The third-order valence-electron chi connectivity index (χ3n) is 5.86. The second-order valence-electron chi connectivity index (χ2n) is 8.49. The number of fused-ring (bicyclic) bond motifs is 1. The molecule has 15 heteroatoms. The summed E-state index contributed by atoms with van der Waals surface area (Å²) >= 11 is 1.28. The van der Waals surface area contributed by atoms with Crippen LogP contribution in [0, 0.1) is 0 Å². The molecule has 0 bridgehead atoms. The third kappa shape index (κ3) is 8.33. The van der Waals surface area contributed by atoms with Crippen LogP contribution in [-0.4, -0.2) is 94.6 Å². The van der Waals surface area contributed by atoms with Gasteiger partial charge in [0.2, 0.25) is 11.8 Å². The van der Waals surface area contributed by atoms with E-state index in [-0.39, 0.29) is 11.8 Å². The Hall–Kier alpha value is -3.89. The van der Waals surface area contributed by atoms with E-state index in [4.69, 9.17) is 18.7 Å². The van der Waals surface area contributed by atoms with Crippen LogP contribution >= 0.6 is 11.3 Å². The monoisotopic (exact) mass is 618 g/mol. The molecule has 4 aromatic rings. The van der Waals surface area contributed by atoms with Crippen molar-refractivity contribution in [2.75, 3.05) is 46.7 Å². The molecule has 13 nitrogen and oxygen atoms in total. The SMILES string of the molecule is C=O.C=O.CN.CNCc1nnc(C(c2nc3ccc(-c4ccc(C(=O)N5CCOCC5)cc4)cc3s2)S(C)(=O)=O)o1. The average Bonchev–Trinajstić information content (AvgIpc) is 3.66. The van der Waals surface area contributed by atoms with Crippen LogP contribution in [-0.2, 0) is 30.7 Å². The van der Waals surface area contributed by atoms with Crippen LogP contribution in [0.1, 0.15) is 32.4 Å². The third-order valence-corrected chi connectivity index (χ3v) is 8.37. The van der Waals surface area contributed by atoms with Crippen molar-refractivity contribution >= 4 is 50.9 Å². The highest BCUT2D eigenvalue weighted by molar-refractivity contribution is 7.91. The minimum atomic E-state index is -3.62. The zero-order chi connectivity index (χ0) is 31.3. The topological polar surface area (TPSA) is 188 Å². The van der Waals surface area contributed by atoms with Gasteiger partial charge in [-0.1, -0.05) is 18.2 Å². The Balaban J connectivity index is 0.000000966. The van der Waals surface area contributed by atoms with E-state index in [1.165, 1.54) is 18.4 Å². The van der Waals surface area contributed by atoms with Crippen molar-refractivity contribution in [2.24, 2.45) is 5.73 Å². The number of benzene rings is 2. The maximum Gasteiger partial charge on any atom is 0.254 e. The molecule has 3 N–H and O–H groups in total. The van der Waals surface area contributed by atoms with Gasteiger partial charge >= 0.3 is 0 Å². The molecular formula is C27H34N6O7S2. The Morgan fingerprint density at radius 1 is 1.05 bits per heavy atom. The lowest BCUT2D eigenvalue weighted by Crippen LogP contribution is -2.40. The molecule has 0 spiro atoms. The molecule has 1 amide bonds. The molecule has 1 aliphatic rings. The van der Waals surface area contributed by atoms with Gasteiger partial charge in [-0.3, -0.25) is 4.79 Å². The molecule has 1 aliphatic heterocycles. The van der Waals surface area contributed by atoms with Gasteiger partial charge in [0, 0.05) is 24.9 Å². The predicted octanol–water partition coefficient (Wildman–Crippen LogP) is 1.88. The summed E-state index contributed by atoms with van der Waals surface area (Å²) < 4.78 is 37.1. The van der Waals surface area contributed by atoms with Gasteiger partial charge in [0.25, 0.3) is 5.91 Å². The van der Waals surface area contributed by atoms with Crippen LogP contribution in [0.4, 0.5) is 0 Å². The first-order chi connectivity index (χ1) is 20.3. The number of amides is 1. The Bertz CT molecular complexity index is 1530. The van der Waals surface area contributed by atoms with Gasteiger partial charge in [-0.15, -0.1) is 21.5 Å². The van der Waals surface area contributed by atoms with E-state index in [0.717, 1.165) is 22.1 Å². The highest BCUT2D eigenvalue weighted by atomic mass is 32.2. The quantitative estimate of drug-likeness (QED) is 0.307. The Morgan fingerprint density at radius 3 is 2.26 bits per heavy atom. The van der Waals surface area contributed by atoms with Gasteiger partial charge in [0.15, 0.2) is 15.1 Å². The van der Waals surface area contributed by atoms with Crippen LogP contribution in [0.2, 0.25) is 0 Å². The Labute approximate surface area is 248 Å². The summed E-state index contributed by atoms with van der Waals surface area (Å²) in [5.74, 6) is 0.306. The molecule has 2 aromatic carbocycles. The summed E-state index contributed by atoms with van der Waals surface area (Å²) in [6, 6.07) is 13.2. The van der Waals surface area contributed by atoms with Crippen LogP contribution in [0.15, 0.2) is 46.9 Å². The molecule has 1 atom stereocenters. The first-order valence-corrected chi connectivity index (χ1v) is 15.3. The number of thiazole rings is 1. The number of sulfone groups is 1. The molecule has 42 heavy (non-hydrogen) atoms. The number of carbonyl (C=O) groups is 3. The van der Waals surface area contributed by atoms with Crippen LogP contribution in [0.3, 0.4) is 0 Å². The predicted molar refractivity (Wildman–Crippen MR) is 160 cm³/mol. The summed E-state index contributed by atoms with van der Waals surface area (Å²) in [6.45, 7) is 6.65. The van der Waals surface area contributed by atoms with Gasteiger partial charge in [0.1, 0.15) is 18.6 Å². The van der Waals surface area contributed by atoms with Crippen molar-refractivity contribution in [2.45, 2.75) is 11.8 Å². The van der Waals surface area contributed by atoms with Gasteiger partial charge in [-0.2, -0.15) is 0 Å². The van der Waals surface area contributed by atoms with E-state index in [9.17, 15) is 13.2 Å². The summed E-state index contributed by atoms with van der Waals surface area (Å²) in [4.78, 5) is 35.1. The fraction of sp³-hybridized carbons (Fsp3) is 0.333. The molecule has 0 radical (unpaired) electrons. The number of carbonyl (C=O) groups excluding carboxylic acids is 3. The first kappa shape index (κ1) is 34.3. The van der Waals surface area contributed by atoms with Crippen LogP contribution in [0.5, 0.6) is 0 Å². The number of ether oxygens (including phenoxy) is 1. The molecule has 5 rings (SSSR count). The lowest BCUT2D eigenvalue weighted by atomic mass is 10.0. The van der Waals surface area contributed by atoms with E-state index < -0.39 is 15.1 Å². The van der Waals surface area contributed by atoms with Crippen molar-refractivity contribution < 1.29 is 32.0 Å². The van der Waals surface area contributed by atoms with Crippen molar-refractivity contribution in [1.29, 1.82) is 0 Å². The molecule has 1 unspecified atom stereocenters. The first-order valence-electron chi connectivity index (χ1n) is 12.5. The highest BCUT2D eigenvalue weighted by Gasteiger charge is 2.33. The number of hydrogen-bond acceptors (Lipinski definition) is 13. The number of rotatable bonds is 7. The van der Waals surface area contributed by atoms with E-state index in [1.54, 1.807) is 11.9 Å². The molecule has 3 heterocycles. The molecule has 226 valence electrons. The fourth-order valence-electron chi connectivity index (χ4n) is 4.06. The highest BCUT2D eigenvalue weighted by Crippen LogP contribution is 2.36. The number of aromatic nitrogens is 3. The Kier molecular flexibility index (Phi) is 13.5. The van der Waals surface area contributed by atoms with Crippen molar-refractivity contribution in [3.05, 3.63) is 64.8 Å². The maximum absolute atomic E-state index is 12.7. The van der Waals surface area contributed by atoms with Crippen LogP contribution < -0.4 is 11.1 Å². The van der Waals surface area contributed by atoms with Gasteiger partial charge in [-0.05, 0) is 49.5 Å². The van der Waals surface area contributed by atoms with E-state index >= 15 is 0 Å². The number of nitrogens with one attached hydrogen (secondary N) is 1. The molecule has 0 saturated carbocycles. The number of morpholine rings is 1. The lowest BCUT2D eigenvalue weighted by molar-refractivity contribution is -0.0987. The molecule has 1 saturated heterocycles. The van der Waals surface area contributed by atoms with E-state index in [2.05, 4.69) is 26.2 Å². The lowest BCUT2D eigenvalue weighted by Gasteiger charge is -2.26. The minimum Gasteiger partial charge on any atom is -0.422 e. The standard InChI is InChI=1S/C24H25N5O5S2.CH5N.2CH2O/c1-25-14-20-27-28-22(34-20)21(36(2,31)32)23-26-18-8-7-17(13-19(18)35-23)15-3-5-16(6-4-15)24(30)29-9-11-33-12-10-29;3*1-2/h3-8,13,21,25H,9-12,14H2,1-2H3;2H2,1H3;2*1H2. The molecule has 0 aliphatic carbocycles. The van der Waals surface area contributed by atoms with Crippen molar-refractivity contribution in [1.82, 2.24) is 25.4 Å². The largest absolute Gasteiger partial charge is 0.422 e. The number of nitrogens with zero attached hydrogens (tertiary/aromatic N) is 4. The number of hydrogen-bond donors (Lipinski definition) is 2. The fourth-order valence-corrected chi connectivity index (χ4v) is 6.59. The Morgan fingerprint density at radius 2 is 1.67 bits per heavy atom. The minimum absolute atomic E-state index is 0.00174. The van der Waals surface area contributed by atoms with Gasteiger partial charge in [-0.25, -0.2) is 13.4 Å². The summed E-state index contributed by atoms with van der Waals surface area (Å²) in [6.07, 6.45) is 1.14. The zero-order valence-corrected chi connectivity index (χ0v) is 25.2. The van der Waals surface area contributed by atoms with Gasteiger partial charge < -0.3 is 34.7 Å². The smallest absolute Gasteiger partial charge is 0.254 e. The van der Waals surface area contributed by atoms with Gasteiger partial charge in [0.05, 0.1) is 30.0 Å². The summed E-state index contributed by atoms with van der Waals surface area (Å²) in [5, 5.41) is 10.0. The zero-order valence-electron chi connectivity index (χ0n) is 23.6. The van der Waals surface area contributed by atoms with E-state index in [0.29, 0.717) is 54.8 Å².